The lowest BCUT2D eigenvalue weighted by Crippen LogP contribution is -2.24. The van der Waals surface area contributed by atoms with Gasteiger partial charge in [0.1, 0.15) is 5.75 Å². The molecule has 0 unspecified atom stereocenters. The molecule has 2 aromatic rings. The van der Waals surface area contributed by atoms with Gasteiger partial charge in [-0.05, 0) is 29.3 Å². The van der Waals surface area contributed by atoms with Crippen LogP contribution in [0.15, 0.2) is 48.5 Å². The molecule has 0 aromatic heterocycles. The number of alkyl halides is 5. The van der Waals surface area contributed by atoms with E-state index in [1.807, 2.05) is 0 Å². The third-order valence-electron chi connectivity index (χ3n) is 3.26. The van der Waals surface area contributed by atoms with Gasteiger partial charge in [-0.25, -0.2) is 0 Å². The van der Waals surface area contributed by atoms with E-state index in [0.717, 1.165) is 12.1 Å². The second kappa shape index (κ2) is 7.96. The van der Waals surface area contributed by atoms with Gasteiger partial charge in [-0.3, -0.25) is 4.79 Å². The van der Waals surface area contributed by atoms with Crippen molar-refractivity contribution in [3.63, 3.8) is 0 Å². The van der Waals surface area contributed by atoms with E-state index in [1.165, 1.54) is 36.4 Å². The Hall–Kier alpha value is -2.64. The van der Waals surface area contributed by atoms with Crippen molar-refractivity contribution in [1.82, 2.24) is 5.32 Å². The van der Waals surface area contributed by atoms with Crippen LogP contribution in [-0.4, -0.2) is 12.5 Å². The second-order valence-electron chi connectivity index (χ2n) is 5.17. The number of ether oxygens (including phenoxy) is 1. The minimum atomic E-state index is -4.46. The Morgan fingerprint density at radius 1 is 1.04 bits per heavy atom. The molecule has 2 rings (SSSR count). The highest BCUT2D eigenvalue weighted by atomic mass is 19.4. The van der Waals surface area contributed by atoms with Gasteiger partial charge in [0.05, 0.1) is 12.0 Å². The van der Waals surface area contributed by atoms with Crippen LogP contribution in [-0.2, 0) is 23.9 Å². The zero-order chi connectivity index (χ0) is 18.4. The molecule has 134 valence electrons. The van der Waals surface area contributed by atoms with E-state index in [4.69, 9.17) is 0 Å². The van der Waals surface area contributed by atoms with Crippen LogP contribution in [0.5, 0.6) is 5.75 Å². The van der Waals surface area contributed by atoms with Crippen LogP contribution in [0.1, 0.15) is 16.7 Å². The molecule has 0 aliphatic heterocycles. The molecule has 3 nitrogen and oxygen atoms in total. The average molecular weight is 359 g/mol. The smallest absolute Gasteiger partial charge is 0.416 e. The molecule has 1 N–H and O–H groups in total. The van der Waals surface area contributed by atoms with Crippen LogP contribution in [0.25, 0.3) is 0 Å². The van der Waals surface area contributed by atoms with E-state index in [-0.39, 0.29) is 24.3 Å². The molecule has 0 fully saturated rings. The van der Waals surface area contributed by atoms with Crippen molar-refractivity contribution < 1.29 is 31.5 Å². The van der Waals surface area contributed by atoms with Gasteiger partial charge in [0.15, 0.2) is 0 Å². The first-order chi connectivity index (χ1) is 11.7. The largest absolute Gasteiger partial charge is 0.435 e. The van der Waals surface area contributed by atoms with E-state index in [2.05, 4.69) is 10.1 Å². The van der Waals surface area contributed by atoms with Crippen molar-refractivity contribution in [3.8, 4) is 5.75 Å². The summed E-state index contributed by atoms with van der Waals surface area (Å²) in [6.45, 7) is -2.80. The molecule has 0 aliphatic carbocycles. The van der Waals surface area contributed by atoms with E-state index in [9.17, 15) is 26.7 Å². The molecule has 0 radical (unpaired) electrons. The molecular formula is C17H14F5NO2. The van der Waals surface area contributed by atoms with Gasteiger partial charge in [-0.1, -0.05) is 30.3 Å². The summed E-state index contributed by atoms with van der Waals surface area (Å²) in [6, 6.07) is 10.2. The van der Waals surface area contributed by atoms with Crippen molar-refractivity contribution in [2.45, 2.75) is 25.8 Å². The monoisotopic (exact) mass is 359 g/mol. The molecule has 8 heteroatoms. The lowest BCUT2D eigenvalue weighted by atomic mass is 10.1. The summed E-state index contributed by atoms with van der Waals surface area (Å²) in [4.78, 5) is 11.8. The Kier molecular flexibility index (Phi) is 5.95. The fraction of sp³-hybridized carbons (Fsp3) is 0.235. The number of nitrogens with one attached hydrogen (secondary N) is 1. The molecule has 0 spiro atoms. The van der Waals surface area contributed by atoms with Crippen molar-refractivity contribution in [2.24, 2.45) is 0 Å². The summed E-state index contributed by atoms with van der Waals surface area (Å²) < 4.78 is 66.2. The van der Waals surface area contributed by atoms with E-state index >= 15 is 0 Å². The van der Waals surface area contributed by atoms with Crippen LogP contribution in [0.2, 0.25) is 0 Å². The maximum absolute atomic E-state index is 12.6. The van der Waals surface area contributed by atoms with Crippen LogP contribution in [0.4, 0.5) is 22.0 Å². The fourth-order valence-corrected chi connectivity index (χ4v) is 2.09. The van der Waals surface area contributed by atoms with Gasteiger partial charge >= 0.3 is 12.8 Å². The van der Waals surface area contributed by atoms with Crippen LogP contribution in [0, 0.1) is 0 Å². The maximum atomic E-state index is 12.6. The normalized spacial score (nSPS) is 11.4. The first-order valence-corrected chi connectivity index (χ1v) is 7.20. The topological polar surface area (TPSA) is 38.3 Å². The standard InChI is InChI=1S/C17H14F5NO2/c18-16(19)25-14-6-4-11(5-7-14)10-23-15(24)9-12-2-1-3-13(8-12)17(20,21)22/h1-8,16H,9-10H2,(H,23,24). The molecule has 2 aromatic carbocycles. The fourth-order valence-electron chi connectivity index (χ4n) is 2.09. The minimum absolute atomic E-state index is 0.00552. The number of carbonyl (C=O) groups is 1. The van der Waals surface area contributed by atoms with Crippen molar-refractivity contribution in [3.05, 3.63) is 65.2 Å². The zero-order valence-electron chi connectivity index (χ0n) is 12.8. The van der Waals surface area contributed by atoms with Gasteiger partial charge < -0.3 is 10.1 Å². The van der Waals surface area contributed by atoms with Gasteiger partial charge in [0.25, 0.3) is 0 Å². The van der Waals surface area contributed by atoms with E-state index in [1.54, 1.807) is 0 Å². The maximum Gasteiger partial charge on any atom is 0.416 e. The third kappa shape index (κ3) is 6.06. The summed E-state index contributed by atoms with van der Waals surface area (Å²) in [5.74, 6) is -0.457. The highest BCUT2D eigenvalue weighted by molar-refractivity contribution is 5.78. The molecule has 0 heterocycles. The van der Waals surface area contributed by atoms with Crippen LogP contribution >= 0.6 is 0 Å². The van der Waals surface area contributed by atoms with Crippen LogP contribution < -0.4 is 10.1 Å². The van der Waals surface area contributed by atoms with Crippen LogP contribution in [0.3, 0.4) is 0 Å². The van der Waals surface area contributed by atoms with E-state index < -0.39 is 24.3 Å². The highest BCUT2D eigenvalue weighted by Crippen LogP contribution is 2.29. The summed E-state index contributed by atoms with van der Waals surface area (Å²) in [5.41, 5.74) is 0.0689. The molecule has 0 bridgehead atoms. The molecule has 0 saturated carbocycles. The average Bonchev–Trinajstić information content (AvgIpc) is 2.53. The van der Waals surface area contributed by atoms with Crippen molar-refractivity contribution in [1.29, 1.82) is 0 Å². The number of benzene rings is 2. The lowest BCUT2D eigenvalue weighted by Gasteiger charge is -2.10. The second-order valence-corrected chi connectivity index (χ2v) is 5.17. The predicted molar refractivity (Wildman–Crippen MR) is 80.1 cm³/mol. The van der Waals surface area contributed by atoms with Crippen molar-refractivity contribution in [2.75, 3.05) is 0 Å². The Labute approximate surface area is 140 Å². The number of amides is 1. The Morgan fingerprint density at radius 3 is 2.32 bits per heavy atom. The summed E-state index contributed by atoms with van der Waals surface area (Å²) in [5, 5.41) is 2.56. The predicted octanol–water partition coefficient (Wildman–Crippen LogP) is 4.17. The van der Waals surface area contributed by atoms with Gasteiger partial charge in [0.2, 0.25) is 5.91 Å². The SMILES string of the molecule is O=C(Cc1cccc(C(F)(F)F)c1)NCc1ccc(OC(F)F)cc1. The Balaban J connectivity index is 1.88. The number of carbonyl (C=O) groups excluding carboxylic acids is 1. The van der Waals surface area contributed by atoms with E-state index in [0.29, 0.717) is 5.56 Å². The summed E-state index contributed by atoms with van der Waals surface area (Å²) >= 11 is 0. The lowest BCUT2D eigenvalue weighted by molar-refractivity contribution is -0.137. The molecule has 0 atom stereocenters. The molecule has 0 aliphatic rings. The first kappa shape index (κ1) is 18.7. The molecule has 1 amide bonds. The van der Waals surface area contributed by atoms with Gasteiger partial charge in [-0.2, -0.15) is 22.0 Å². The third-order valence-corrected chi connectivity index (χ3v) is 3.26. The van der Waals surface area contributed by atoms with Gasteiger partial charge in [0, 0.05) is 6.54 Å². The quantitative estimate of drug-likeness (QED) is 0.787. The zero-order valence-corrected chi connectivity index (χ0v) is 12.8. The number of hydrogen-bond acceptors (Lipinski definition) is 2. The van der Waals surface area contributed by atoms with Crippen molar-refractivity contribution >= 4 is 5.91 Å². The molecule has 25 heavy (non-hydrogen) atoms. The van der Waals surface area contributed by atoms with Gasteiger partial charge in [-0.15, -0.1) is 0 Å². The molecular weight excluding hydrogens is 345 g/mol. The minimum Gasteiger partial charge on any atom is -0.435 e. The summed E-state index contributed by atoms with van der Waals surface area (Å²) in [7, 11) is 0. The highest BCUT2D eigenvalue weighted by Gasteiger charge is 2.30. The Bertz CT molecular complexity index is 714. The first-order valence-electron chi connectivity index (χ1n) is 7.20. The summed E-state index contributed by atoms with van der Waals surface area (Å²) in [6.07, 6.45) is -4.66. The molecule has 0 saturated heterocycles. The number of halogens is 5. The number of rotatable bonds is 6. The Morgan fingerprint density at radius 2 is 1.72 bits per heavy atom. The number of hydrogen-bond donors (Lipinski definition) is 1.